The van der Waals surface area contributed by atoms with Crippen LogP contribution >= 0.6 is 0 Å². The molecule has 0 aliphatic carbocycles. The second-order valence-electron chi connectivity index (χ2n) is 7.42. The largest absolute Gasteiger partial charge is 0.383 e. The minimum absolute atomic E-state index is 0.453. The Kier molecular flexibility index (Phi) is 7.99. The number of nitrogen functional groups attached to an aromatic ring is 1. The zero-order chi connectivity index (χ0) is 22.1. The molecule has 0 aliphatic rings. The molecule has 4 heteroatoms. The minimum atomic E-state index is 0.453. The number of nitrogens with two attached hydrogens (primary N) is 1. The van der Waals surface area contributed by atoms with E-state index in [4.69, 9.17) is 10.7 Å². The van der Waals surface area contributed by atoms with Gasteiger partial charge < -0.3 is 11.1 Å². The van der Waals surface area contributed by atoms with E-state index in [0.717, 1.165) is 48.2 Å². The van der Waals surface area contributed by atoms with Gasteiger partial charge in [-0.1, -0.05) is 74.5 Å². The van der Waals surface area contributed by atoms with Gasteiger partial charge in [-0.05, 0) is 55.0 Å². The Labute approximate surface area is 185 Å². The molecule has 0 fully saturated rings. The number of rotatable bonds is 9. The standard InChI is InChI=1S/C27H32N4/c1-4-7-13-21(6-3)22-14-10-12-20(19-22)17-18-29-25(11-5-2)26-27(28)31-24-16-9-8-15-23(24)30-26/h4,7-16,19,29H,5-6,17-18H2,1-3H3,(H2,28,31)/b7-4-,21-13+,25-11+. The van der Waals surface area contributed by atoms with E-state index in [1.807, 2.05) is 31.2 Å². The lowest BCUT2D eigenvalue weighted by molar-refractivity contribution is 0.840. The topological polar surface area (TPSA) is 63.8 Å². The highest BCUT2D eigenvalue weighted by molar-refractivity contribution is 5.80. The summed E-state index contributed by atoms with van der Waals surface area (Å²) < 4.78 is 0. The van der Waals surface area contributed by atoms with Gasteiger partial charge in [-0.25, -0.2) is 9.97 Å². The average molecular weight is 413 g/mol. The van der Waals surface area contributed by atoms with Gasteiger partial charge in [-0.15, -0.1) is 0 Å². The second-order valence-corrected chi connectivity index (χ2v) is 7.42. The number of hydrogen-bond acceptors (Lipinski definition) is 4. The fraction of sp³-hybridized carbons (Fsp3) is 0.259. The van der Waals surface area contributed by atoms with Gasteiger partial charge in [0.2, 0.25) is 0 Å². The van der Waals surface area contributed by atoms with Gasteiger partial charge >= 0.3 is 0 Å². The number of fused-ring (bicyclic) bond motifs is 1. The average Bonchev–Trinajstić information content (AvgIpc) is 2.79. The molecule has 0 radical (unpaired) electrons. The summed E-state index contributed by atoms with van der Waals surface area (Å²) in [5, 5.41) is 3.54. The Morgan fingerprint density at radius 1 is 1.03 bits per heavy atom. The first-order valence-corrected chi connectivity index (χ1v) is 11.0. The molecular weight excluding hydrogens is 380 g/mol. The highest BCUT2D eigenvalue weighted by atomic mass is 15.0. The molecule has 31 heavy (non-hydrogen) atoms. The zero-order valence-electron chi connectivity index (χ0n) is 18.7. The first-order chi connectivity index (χ1) is 15.2. The van der Waals surface area contributed by atoms with E-state index >= 15 is 0 Å². The van der Waals surface area contributed by atoms with Gasteiger partial charge in [0.15, 0.2) is 5.82 Å². The molecule has 3 rings (SSSR count). The minimum Gasteiger partial charge on any atom is -0.383 e. The van der Waals surface area contributed by atoms with E-state index in [-0.39, 0.29) is 0 Å². The van der Waals surface area contributed by atoms with Crippen molar-refractivity contribution < 1.29 is 0 Å². The molecule has 0 unspecified atom stereocenters. The van der Waals surface area contributed by atoms with Crippen LogP contribution in [-0.4, -0.2) is 16.5 Å². The fourth-order valence-electron chi connectivity index (χ4n) is 3.57. The van der Waals surface area contributed by atoms with Gasteiger partial charge in [0.05, 0.1) is 16.7 Å². The highest BCUT2D eigenvalue weighted by Crippen LogP contribution is 2.22. The predicted molar refractivity (Wildman–Crippen MR) is 133 cm³/mol. The summed E-state index contributed by atoms with van der Waals surface area (Å²) in [6, 6.07) is 16.6. The van der Waals surface area contributed by atoms with Crippen molar-refractivity contribution in [2.45, 2.75) is 40.0 Å². The van der Waals surface area contributed by atoms with Gasteiger partial charge in [0.25, 0.3) is 0 Å². The summed E-state index contributed by atoms with van der Waals surface area (Å²) >= 11 is 0. The molecule has 0 bridgehead atoms. The Morgan fingerprint density at radius 3 is 2.52 bits per heavy atom. The van der Waals surface area contributed by atoms with E-state index in [0.29, 0.717) is 5.82 Å². The molecule has 2 aromatic carbocycles. The SMILES string of the molecule is C/C=C\C=C(/CC)c1cccc(CCN/C(=C/CC)c2nc3ccccc3nc2N)c1. The monoisotopic (exact) mass is 412 g/mol. The maximum atomic E-state index is 6.24. The van der Waals surface area contributed by atoms with Crippen molar-refractivity contribution in [2.75, 3.05) is 12.3 Å². The molecular formula is C27H32N4. The van der Waals surface area contributed by atoms with Gasteiger partial charge in [0, 0.05) is 6.54 Å². The third-order valence-electron chi connectivity index (χ3n) is 5.16. The van der Waals surface area contributed by atoms with Crippen molar-refractivity contribution in [1.82, 2.24) is 15.3 Å². The summed E-state index contributed by atoms with van der Waals surface area (Å²) in [4.78, 5) is 9.30. The van der Waals surface area contributed by atoms with E-state index in [1.54, 1.807) is 0 Å². The van der Waals surface area contributed by atoms with Crippen LogP contribution in [0.5, 0.6) is 0 Å². The predicted octanol–water partition coefficient (Wildman–Crippen LogP) is 6.16. The normalized spacial score (nSPS) is 12.6. The fourth-order valence-corrected chi connectivity index (χ4v) is 3.57. The molecule has 3 N–H and O–H groups in total. The van der Waals surface area contributed by atoms with Crippen LogP contribution in [0.3, 0.4) is 0 Å². The van der Waals surface area contributed by atoms with Gasteiger partial charge in [-0.3, -0.25) is 0 Å². The Bertz CT molecular complexity index is 1110. The molecule has 160 valence electrons. The first kappa shape index (κ1) is 22.3. The molecule has 3 aromatic rings. The van der Waals surface area contributed by atoms with Crippen LogP contribution < -0.4 is 11.1 Å². The van der Waals surface area contributed by atoms with Crippen molar-refractivity contribution in [1.29, 1.82) is 0 Å². The number of aromatic nitrogens is 2. The lowest BCUT2D eigenvalue weighted by Crippen LogP contribution is -2.18. The molecule has 0 saturated carbocycles. The Hall–Kier alpha value is -3.40. The smallest absolute Gasteiger partial charge is 0.152 e. The van der Waals surface area contributed by atoms with Crippen LogP contribution in [0.15, 0.2) is 72.8 Å². The van der Waals surface area contributed by atoms with Crippen molar-refractivity contribution in [2.24, 2.45) is 0 Å². The summed E-state index contributed by atoms with van der Waals surface area (Å²) in [5.74, 6) is 0.453. The summed E-state index contributed by atoms with van der Waals surface area (Å²) in [6.45, 7) is 7.14. The van der Waals surface area contributed by atoms with Crippen LogP contribution in [0.25, 0.3) is 22.3 Å². The number of para-hydroxylation sites is 2. The number of nitrogens with zero attached hydrogens (tertiary/aromatic N) is 2. The number of hydrogen-bond donors (Lipinski definition) is 2. The van der Waals surface area contributed by atoms with E-state index in [9.17, 15) is 0 Å². The lowest BCUT2D eigenvalue weighted by Gasteiger charge is -2.14. The second kappa shape index (κ2) is 11.1. The van der Waals surface area contributed by atoms with Crippen LogP contribution in [0.4, 0.5) is 5.82 Å². The lowest BCUT2D eigenvalue weighted by atomic mass is 9.99. The maximum Gasteiger partial charge on any atom is 0.152 e. The molecule has 0 atom stereocenters. The molecule has 0 saturated heterocycles. The Morgan fingerprint density at radius 2 is 1.81 bits per heavy atom. The van der Waals surface area contributed by atoms with Crippen LogP contribution in [0, 0.1) is 0 Å². The third kappa shape index (κ3) is 5.82. The molecule has 0 amide bonds. The molecule has 4 nitrogen and oxygen atoms in total. The van der Waals surface area contributed by atoms with Gasteiger partial charge in [0.1, 0.15) is 5.69 Å². The van der Waals surface area contributed by atoms with Crippen molar-refractivity contribution in [3.63, 3.8) is 0 Å². The third-order valence-corrected chi connectivity index (χ3v) is 5.16. The first-order valence-electron chi connectivity index (χ1n) is 11.0. The van der Waals surface area contributed by atoms with Crippen LogP contribution in [-0.2, 0) is 6.42 Å². The summed E-state index contributed by atoms with van der Waals surface area (Å²) in [7, 11) is 0. The van der Waals surface area contributed by atoms with Gasteiger partial charge in [-0.2, -0.15) is 0 Å². The molecule has 1 aromatic heterocycles. The molecule has 1 heterocycles. The van der Waals surface area contributed by atoms with Crippen molar-refractivity contribution in [3.8, 4) is 0 Å². The Balaban J connectivity index is 1.75. The van der Waals surface area contributed by atoms with E-state index in [1.165, 1.54) is 16.7 Å². The van der Waals surface area contributed by atoms with Crippen molar-refractivity contribution >= 4 is 28.1 Å². The quantitative estimate of drug-likeness (QED) is 0.413. The highest BCUT2D eigenvalue weighted by Gasteiger charge is 2.11. The van der Waals surface area contributed by atoms with Crippen molar-refractivity contribution in [3.05, 3.63) is 89.7 Å². The summed E-state index contributed by atoms with van der Waals surface area (Å²) in [5.41, 5.74) is 13.5. The van der Waals surface area contributed by atoms with Crippen LogP contribution in [0.2, 0.25) is 0 Å². The number of benzene rings is 2. The number of allylic oxidation sites excluding steroid dienone is 5. The van der Waals surface area contributed by atoms with E-state index in [2.05, 4.69) is 72.7 Å². The molecule has 0 aliphatic heterocycles. The summed E-state index contributed by atoms with van der Waals surface area (Å²) in [6.07, 6.45) is 11.3. The maximum absolute atomic E-state index is 6.24. The zero-order valence-corrected chi connectivity index (χ0v) is 18.7. The molecule has 0 spiro atoms. The van der Waals surface area contributed by atoms with Crippen LogP contribution in [0.1, 0.15) is 50.4 Å². The number of nitrogens with one attached hydrogen (secondary N) is 1. The van der Waals surface area contributed by atoms with E-state index < -0.39 is 0 Å². The number of anilines is 1.